The van der Waals surface area contributed by atoms with Gasteiger partial charge >= 0.3 is 5.97 Å². The third-order valence-electron chi connectivity index (χ3n) is 2.62. The zero-order valence-corrected chi connectivity index (χ0v) is 13.6. The van der Waals surface area contributed by atoms with Crippen LogP contribution in [0.3, 0.4) is 0 Å². The number of rotatable bonds is 6. The number of nitrogens with zero attached hydrogens (tertiary/aromatic N) is 1. The minimum absolute atomic E-state index is 0.318. The predicted molar refractivity (Wildman–Crippen MR) is 80.5 cm³/mol. The lowest BCUT2D eigenvalue weighted by molar-refractivity contribution is -0.143. The number of methoxy groups -OCH3 is 1. The SMILES string of the molecule is COC(=O)C(NCCN(C)C)c1ccc(Cl)cc1Br. The van der Waals surface area contributed by atoms with Crippen LogP contribution in [0.1, 0.15) is 11.6 Å². The summed E-state index contributed by atoms with van der Waals surface area (Å²) in [5.74, 6) is -0.318. The summed E-state index contributed by atoms with van der Waals surface area (Å²) in [6.07, 6.45) is 0. The summed E-state index contributed by atoms with van der Waals surface area (Å²) < 4.78 is 5.63. The van der Waals surface area contributed by atoms with Gasteiger partial charge in [0.25, 0.3) is 0 Å². The predicted octanol–water partition coefficient (Wildman–Crippen LogP) is 2.47. The van der Waals surface area contributed by atoms with Crippen molar-refractivity contribution in [2.24, 2.45) is 0 Å². The third kappa shape index (κ3) is 5.10. The number of hydrogen-bond donors (Lipinski definition) is 1. The molecule has 0 heterocycles. The molecule has 1 N–H and O–H groups in total. The second kappa shape index (κ2) is 7.85. The van der Waals surface area contributed by atoms with E-state index in [1.165, 1.54) is 7.11 Å². The number of nitrogens with one attached hydrogen (secondary N) is 1. The molecule has 0 aliphatic carbocycles. The Morgan fingerprint density at radius 2 is 2.21 bits per heavy atom. The lowest BCUT2D eigenvalue weighted by Gasteiger charge is -2.19. The summed E-state index contributed by atoms with van der Waals surface area (Å²) in [6.45, 7) is 1.51. The van der Waals surface area contributed by atoms with E-state index in [0.717, 1.165) is 16.6 Å². The van der Waals surface area contributed by atoms with E-state index >= 15 is 0 Å². The normalized spacial score (nSPS) is 12.5. The Bertz CT molecular complexity index is 441. The Labute approximate surface area is 127 Å². The molecule has 0 bridgehead atoms. The molecular weight excluding hydrogens is 332 g/mol. The molecule has 0 radical (unpaired) electrons. The largest absolute Gasteiger partial charge is 0.468 e. The molecule has 0 saturated carbocycles. The lowest BCUT2D eigenvalue weighted by Crippen LogP contribution is -2.34. The first-order chi connectivity index (χ1) is 8.95. The Morgan fingerprint density at radius 1 is 1.53 bits per heavy atom. The van der Waals surface area contributed by atoms with Gasteiger partial charge < -0.3 is 9.64 Å². The van der Waals surface area contributed by atoms with Gasteiger partial charge in [0.05, 0.1) is 7.11 Å². The molecule has 0 aliphatic rings. The fourth-order valence-corrected chi connectivity index (χ4v) is 2.52. The van der Waals surface area contributed by atoms with E-state index in [2.05, 4.69) is 21.2 Å². The number of benzene rings is 1. The quantitative estimate of drug-likeness (QED) is 0.801. The standard InChI is InChI=1S/C13H18BrClN2O2/c1-17(2)7-6-16-12(13(18)19-3)10-5-4-9(15)8-11(10)14/h4-5,8,12,16H,6-7H2,1-3H3. The van der Waals surface area contributed by atoms with Crippen molar-refractivity contribution in [3.05, 3.63) is 33.3 Å². The molecule has 0 spiro atoms. The van der Waals surface area contributed by atoms with Crippen LogP contribution >= 0.6 is 27.5 Å². The van der Waals surface area contributed by atoms with Crippen LogP contribution in [0, 0.1) is 0 Å². The molecule has 0 amide bonds. The van der Waals surface area contributed by atoms with Crippen molar-refractivity contribution in [3.63, 3.8) is 0 Å². The fraction of sp³-hybridized carbons (Fsp3) is 0.462. The highest BCUT2D eigenvalue weighted by Gasteiger charge is 2.23. The first-order valence-corrected chi connectivity index (χ1v) is 7.03. The average molecular weight is 350 g/mol. The van der Waals surface area contributed by atoms with Crippen molar-refractivity contribution < 1.29 is 9.53 Å². The summed E-state index contributed by atoms with van der Waals surface area (Å²) in [7, 11) is 5.34. The van der Waals surface area contributed by atoms with Crippen molar-refractivity contribution in [1.82, 2.24) is 10.2 Å². The van der Waals surface area contributed by atoms with Crippen molar-refractivity contribution in [2.45, 2.75) is 6.04 Å². The van der Waals surface area contributed by atoms with Gasteiger partial charge in [0.15, 0.2) is 0 Å². The highest BCUT2D eigenvalue weighted by Crippen LogP contribution is 2.27. The smallest absolute Gasteiger partial charge is 0.327 e. The first-order valence-electron chi connectivity index (χ1n) is 5.86. The van der Waals surface area contributed by atoms with E-state index in [1.54, 1.807) is 12.1 Å². The first kappa shape index (κ1) is 16.4. The van der Waals surface area contributed by atoms with Crippen molar-refractivity contribution in [3.8, 4) is 0 Å². The van der Waals surface area contributed by atoms with E-state index in [9.17, 15) is 4.79 Å². The molecule has 0 aromatic heterocycles. The molecule has 19 heavy (non-hydrogen) atoms. The molecule has 1 atom stereocenters. The number of halogens is 2. The van der Waals surface area contributed by atoms with Gasteiger partial charge in [-0.1, -0.05) is 33.6 Å². The molecule has 1 rings (SSSR count). The van der Waals surface area contributed by atoms with Crippen molar-refractivity contribution in [2.75, 3.05) is 34.3 Å². The van der Waals surface area contributed by atoms with E-state index < -0.39 is 6.04 Å². The van der Waals surface area contributed by atoms with E-state index in [-0.39, 0.29) is 5.97 Å². The minimum Gasteiger partial charge on any atom is -0.468 e. The zero-order valence-electron chi connectivity index (χ0n) is 11.2. The van der Waals surface area contributed by atoms with Crippen LogP contribution in [0.2, 0.25) is 5.02 Å². The molecule has 4 nitrogen and oxygen atoms in total. The monoisotopic (exact) mass is 348 g/mol. The van der Waals surface area contributed by atoms with Crippen LogP contribution in [0.25, 0.3) is 0 Å². The molecule has 106 valence electrons. The van der Waals surface area contributed by atoms with Crippen molar-refractivity contribution in [1.29, 1.82) is 0 Å². The zero-order chi connectivity index (χ0) is 14.4. The van der Waals surface area contributed by atoms with E-state index in [1.807, 2.05) is 25.1 Å². The fourth-order valence-electron chi connectivity index (χ4n) is 1.61. The van der Waals surface area contributed by atoms with Crippen LogP contribution in [0.5, 0.6) is 0 Å². The van der Waals surface area contributed by atoms with Gasteiger partial charge in [-0.2, -0.15) is 0 Å². The van der Waals surface area contributed by atoms with Crippen LogP contribution < -0.4 is 5.32 Å². The maximum atomic E-state index is 11.9. The second-order valence-corrected chi connectivity index (χ2v) is 5.67. The number of hydrogen-bond acceptors (Lipinski definition) is 4. The minimum atomic E-state index is -0.503. The summed E-state index contributed by atoms with van der Waals surface area (Å²) in [4.78, 5) is 13.9. The number of carbonyl (C=O) groups is 1. The third-order valence-corrected chi connectivity index (χ3v) is 3.54. The van der Waals surface area contributed by atoms with Gasteiger partial charge in [0, 0.05) is 22.6 Å². The molecule has 1 aromatic carbocycles. The second-order valence-electron chi connectivity index (χ2n) is 4.38. The van der Waals surface area contributed by atoms with Gasteiger partial charge in [-0.25, -0.2) is 4.79 Å². The maximum Gasteiger partial charge on any atom is 0.327 e. The average Bonchev–Trinajstić information content (AvgIpc) is 2.34. The van der Waals surface area contributed by atoms with Crippen molar-refractivity contribution >= 4 is 33.5 Å². The van der Waals surface area contributed by atoms with Crippen LogP contribution in [0.4, 0.5) is 0 Å². The number of esters is 1. The molecular formula is C13H18BrClN2O2. The van der Waals surface area contributed by atoms with Crippen LogP contribution in [0.15, 0.2) is 22.7 Å². The van der Waals surface area contributed by atoms with E-state index in [0.29, 0.717) is 11.6 Å². The molecule has 1 aromatic rings. The topological polar surface area (TPSA) is 41.6 Å². The molecule has 1 unspecified atom stereocenters. The molecule has 6 heteroatoms. The summed E-state index contributed by atoms with van der Waals surface area (Å²) in [5, 5.41) is 3.81. The van der Waals surface area contributed by atoms with Gasteiger partial charge in [0.2, 0.25) is 0 Å². The summed E-state index contributed by atoms with van der Waals surface area (Å²) in [6, 6.07) is 4.83. The Kier molecular flexibility index (Phi) is 6.79. The number of ether oxygens (including phenoxy) is 1. The van der Waals surface area contributed by atoms with Gasteiger partial charge in [-0.05, 0) is 31.8 Å². The maximum absolute atomic E-state index is 11.9. The molecule has 0 fully saturated rings. The Hall–Kier alpha value is -0.620. The Morgan fingerprint density at radius 3 is 2.74 bits per heavy atom. The molecule has 0 saturated heterocycles. The number of likely N-dealkylation sites (N-methyl/N-ethyl adjacent to an activating group) is 1. The Balaban J connectivity index is 2.87. The van der Waals surface area contributed by atoms with Crippen LogP contribution in [-0.4, -0.2) is 45.2 Å². The molecule has 0 aliphatic heterocycles. The highest BCUT2D eigenvalue weighted by molar-refractivity contribution is 9.10. The van der Waals surface area contributed by atoms with Gasteiger partial charge in [0.1, 0.15) is 6.04 Å². The lowest BCUT2D eigenvalue weighted by atomic mass is 10.1. The number of carbonyl (C=O) groups excluding carboxylic acids is 1. The van der Waals surface area contributed by atoms with Gasteiger partial charge in [-0.3, -0.25) is 5.32 Å². The van der Waals surface area contributed by atoms with E-state index in [4.69, 9.17) is 16.3 Å². The summed E-state index contributed by atoms with van der Waals surface area (Å²) in [5.41, 5.74) is 0.815. The van der Waals surface area contributed by atoms with Gasteiger partial charge in [-0.15, -0.1) is 0 Å². The van der Waals surface area contributed by atoms with Crippen LogP contribution in [-0.2, 0) is 9.53 Å². The summed E-state index contributed by atoms with van der Waals surface area (Å²) >= 11 is 9.33. The highest BCUT2D eigenvalue weighted by atomic mass is 79.9.